The molecule has 0 fully saturated rings. The summed E-state index contributed by atoms with van der Waals surface area (Å²) in [6.07, 6.45) is 1.95. The number of benzene rings is 1. The Labute approximate surface area is 129 Å². The van der Waals surface area contributed by atoms with Gasteiger partial charge in [0, 0.05) is 34.9 Å². The average Bonchev–Trinajstić information content (AvgIpc) is 2.90. The molecule has 0 amide bonds. The van der Waals surface area contributed by atoms with E-state index in [2.05, 4.69) is 36.0 Å². The van der Waals surface area contributed by atoms with Crippen molar-refractivity contribution in [1.29, 1.82) is 0 Å². The first-order valence-corrected chi connectivity index (χ1v) is 8.03. The predicted molar refractivity (Wildman–Crippen MR) is 89.2 cm³/mol. The van der Waals surface area contributed by atoms with Crippen molar-refractivity contribution in [1.82, 2.24) is 4.98 Å². The second-order valence-electron chi connectivity index (χ2n) is 4.59. The largest absolute Gasteiger partial charge is 0.380 e. The van der Waals surface area contributed by atoms with Crippen LogP contribution in [-0.2, 0) is 6.54 Å². The van der Waals surface area contributed by atoms with E-state index in [0.717, 1.165) is 35.5 Å². The highest BCUT2D eigenvalue weighted by molar-refractivity contribution is 7.15. The monoisotopic (exact) mass is 309 g/mol. The molecule has 0 saturated carbocycles. The minimum atomic E-state index is 0.756. The molecule has 0 saturated heterocycles. The minimum Gasteiger partial charge on any atom is -0.380 e. The maximum Gasteiger partial charge on any atom is 0.185 e. The molecule has 0 spiro atoms. The normalized spacial score (nSPS) is 10.6. The highest BCUT2D eigenvalue weighted by atomic mass is 35.5. The third kappa shape index (κ3) is 3.64. The van der Waals surface area contributed by atoms with E-state index in [1.807, 2.05) is 24.4 Å². The van der Waals surface area contributed by atoms with Crippen molar-refractivity contribution in [3.63, 3.8) is 0 Å². The molecule has 1 N–H and O–H groups in total. The lowest BCUT2D eigenvalue weighted by Gasteiger charge is -2.16. The predicted octanol–water partition coefficient (Wildman–Crippen LogP) is 4.56. The molecule has 3 nitrogen and oxygen atoms in total. The first-order chi connectivity index (χ1) is 9.63. The molecule has 0 aliphatic rings. The number of nitrogens with zero attached hydrogens (tertiary/aromatic N) is 2. The van der Waals surface area contributed by atoms with Crippen molar-refractivity contribution < 1.29 is 0 Å². The highest BCUT2D eigenvalue weighted by Crippen LogP contribution is 2.25. The summed E-state index contributed by atoms with van der Waals surface area (Å²) >= 11 is 7.76. The van der Waals surface area contributed by atoms with E-state index in [-0.39, 0.29) is 0 Å². The number of halogens is 1. The molecule has 108 valence electrons. The Hall–Kier alpha value is -1.26. The van der Waals surface area contributed by atoms with Crippen molar-refractivity contribution in [2.24, 2.45) is 0 Å². The van der Waals surface area contributed by atoms with Crippen molar-refractivity contribution in [3.8, 4) is 0 Å². The fourth-order valence-electron chi connectivity index (χ4n) is 1.99. The van der Waals surface area contributed by atoms with Crippen LogP contribution >= 0.6 is 22.9 Å². The van der Waals surface area contributed by atoms with Gasteiger partial charge in [-0.05, 0) is 38.5 Å². The van der Waals surface area contributed by atoms with Crippen molar-refractivity contribution in [2.75, 3.05) is 23.3 Å². The first kappa shape index (κ1) is 15.1. The molecule has 0 unspecified atom stereocenters. The summed E-state index contributed by atoms with van der Waals surface area (Å²) in [4.78, 5) is 7.98. The Morgan fingerprint density at radius 1 is 1.30 bits per heavy atom. The number of aryl methyl sites for hydroxylation is 1. The molecule has 2 rings (SSSR count). The Bertz CT molecular complexity index is 564. The molecule has 0 bridgehead atoms. The molecule has 20 heavy (non-hydrogen) atoms. The number of hydrogen-bond donors (Lipinski definition) is 1. The molecule has 5 heteroatoms. The zero-order valence-electron chi connectivity index (χ0n) is 12.1. The third-order valence-corrected chi connectivity index (χ3v) is 4.52. The molecule has 2 aromatic rings. The second kappa shape index (κ2) is 6.95. The van der Waals surface area contributed by atoms with E-state index in [1.165, 1.54) is 10.4 Å². The van der Waals surface area contributed by atoms with Gasteiger partial charge in [0.1, 0.15) is 0 Å². The van der Waals surface area contributed by atoms with Crippen LogP contribution in [0.2, 0.25) is 5.02 Å². The van der Waals surface area contributed by atoms with Gasteiger partial charge >= 0.3 is 0 Å². The van der Waals surface area contributed by atoms with Crippen LogP contribution in [0.25, 0.3) is 0 Å². The van der Waals surface area contributed by atoms with E-state index in [9.17, 15) is 0 Å². The molecular formula is C15H20ClN3S. The molecule has 0 atom stereocenters. The van der Waals surface area contributed by atoms with Crippen molar-refractivity contribution in [3.05, 3.63) is 39.9 Å². The van der Waals surface area contributed by atoms with Crippen molar-refractivity contribution in [2.45, 2.75) is 27.3 Å². The molecule has 0 radical (unpaired) electrons. The van der Waals surface area contributed by atoms with E-state index in [1.54, 1.807) is 11.3 Å². The van der Waals surface area contributed by atoms with Crippen LogP contribution in [0.4, 0.5) is 10.8 Å². The van der Waals surface area contributed by atoms with Crippen LogP contribution in [0.3, 0.4) is 0 Å². The summed E-state index contributed by atoms with van der Waals surface area (Å²) in [5, 5.41) is 5.27. The fourth-order valence-corrected chi connectivity index (χ4v) is 3.14. The van der Waals surface area contributed by atoms with Crippen molar-refractivity contribution >= 4 is 33.8 Å². The Kier molecular flexibility index (Phi) is 5.26. The number of aromatic nitrogens is 1. The van der Waals surface area contributed by atoms with E-state index < -0.39 is 0 Å². The van der Waals surface area contributed by atoms with Crippen LogP contribution in [0, 0.1) is 6.92 Å². The standard InChI is InChI=1S/C15H20ClN3S/c1-4-19(5-2)15-18-10-13(20-15)9-17-14-8-12(16)7-6-11(14)3/h6-8,10,17H,4-5,9H2,1-3H3. The van der Waals surface area contributed by atoms with Gasteiger partial charge in [-0.3, -0.25) is 0 Å². The Balaban J connectivity index is 2.02. The summed E-state index contributed by atoms with van der Waals surface area (Å²) in [5.41, 5.74) is 2.28. The van der Waals surface area contributed by atoms with Crippen LogP contribution in [0.15, 0.2) is 24.4 Å². The molecular weight excluding hydrogens is 290 g/mol. The van der Waals surface area contributed by atoms with Gasteiger partial charge in [0.25, 0.3) is 0 Å². The summed E-state index contributed by atoms with van der Waals surface area (Å²) in [7, 11) is 0. The quantitative estimate of drug-likeness (QED) is 0.847. The highest BCUT2D eigenvalue weighted by Gasteiger charge is 2.08. The lowest BCUT2D eigenvalue weighted by Crippen LogP contribution is -2.21. The summed E-state index contributed by atoms with van der Waals surface area (Å²) in [6, 6.07) is 5.90. The number of nitrogens with one attached hydrogen (secondary N) is 1. The molecule has 1 aromatic heterocycles. The first-order valence-electron chi connectivity index (χ1n) is 6.83. The summed E-state index contributed by atoms with van der Waals surface area (Å²) in [5.74, 6) is 0. The topological polar surface area (TPSA) is 28.2 Å². The van der Waals surface area contributed by atoms with Gasteiger partial charge < -0.3 is 10.2 Å². The second-order valence-corrected chi connectivity index (χ2v) is 6.12. The lowest BCUT2D eigenvalue weighted by molar-refractivity contribution is 0.860. The van der Waals surface area contributed by atoms with E-state index >= 15 is 0 Å². The zero-order chi connectivity index (χ0) is 14.5. The van der Waals surface area contributed by atoms with Gasteiger partial charge in [-0.1, -0.05) is 17.7 Å². The van der Waals surface area contributed by atoms with E-state index in [0.29, 0.717) is 0 Å². The average molecular weight is 310 g/mol. The van der Waals surface area contributed by atoms with Gasteiger partial charge in [0.15, 0.2) is 5.13 Å². The van der Waals surface area contributed by atoms with E-state index in [4.69, 9.17) is 11.6 Å². The number of rotatable bonds is 6. The van der Waals surface area contributed by atoms with Gasteiger partial charge in [0.2, 0.25) is 0 Å². The third-order valence-electron chi connectivity index (χ3n) is 3.23. The zero-order valence-corrected chi connectivity index (χ0v) is 13.7. The number of anilines is 2. The number of thiazole rings is 1. The fraction of sp³-hybridized carbons (Fsp3) is 0.400. The van der Waals surface area contributed by atoms with Crippen LogP contribution in [-0.4, -0.2) is 18.1 Å². The van der Waals surface area contributed by atoms with Crippen LogP contribution in [0.1, 0.15) is 24.3 Å². The lowest BCUT2D eigenvalue weighted by atomic mass is 10.2. The van der Waals surface area contributed by atoms with Gasteiger partial charge in [0.05, 0.1) is 6.54 Å². The molecule has 1 heterocycles. The smallest absolute Gasteiger partial charge is 0.185 e. The maximum absolute atomic E-state index is 6.03. The van der Waals surface area contributed by atoms with Gasteiger partial charge in [-0.25, -0.2) is 4.98 Å². The van der Waals surface area contributed by atoms with Crippen LogP contribution < -0.4 is 10.2 Å². The Morgan fingerprint density at radius 2 is 2.05 bits per heavy atom. The molecule has 0 aliphatic heterocycles. The van der Waals surface area contributed by atoms with Gasteiger partial charge in [-0.2, -0.15) is 0 Å². The van der Waals surface area contributed by atoms with Crippen LogP contribution in [0.5, 0.6) is 0 Å². The number of hydrogen-bond acceptors (Lipinski definition) is 4. The summed E-state index contributed by atoms with van der Waals surface area (Å²) in [6.45, 7) is 9.14. The van der Waals surface area contributed by atoms with Gasteiger partial charge in [-0.15, -0.1) is 11.3 Å². The SMILES string of the molecule is CCN(CC)c1ncc(CNc2cc(Cl)ccc2C)s1. The minimum absolute atomic E-state index is 0.756. The molecule has 0 aliphatic carbocycles. The summed E-state index contributed by atoms with van der Waals surface area (Å²) < 4.78 is 0. The Morgan fingerprint density at radius 3 is 2.75 bits per heavy atom. The molecule has 1 aromatic carbocycles. The maximum atomic E-state index is 6.03.